The topological polar surface area (TPSA) is 43.8 Å². The standard InChI is InChI=1S/C23H36N2O2/c1-17-14-20(15-18(2)22(17)26)16-19(3)23(27)25-12-10-24(11-13-25)21-8-6-4-5-7-9-21/h14-15,19,21,26H,4-13,16H2,1-3H3/t19-/m1/s1. The van der Waals surface area contributed by atoms with E-state index in [1.54, 1.807) is 0 Å². The molecule has 0 spiro atoms. The molecule has 0 aromatic heterocycles. The van der Waals surface area contributed by atoms with E-state index in [0.29, 0.717) is 5.75 Å². The summed E-state index contributed by atoms with van der Waals surface area (Å²) in [6.07, 6.45) is 8.93. The fraction of sp³-hybridized carbons (Fsp3) is 0.696. The Morgan fingerprint density at radius 1 is 1.04 bits per heavy atom. The van der Waals surface area contributed by atoms with Gasteiger partial charge in [-0.25, -0.2) is 0 Å². The summed E-state index contributed by atoms with van der Waals surface area (Å²) < 4.78 is 0. The second kappa shape index (κ2) is 9.09. The lowest BCUT2D eigenvalue weighted by Crippen LogP contribution is -2.53. The summed E-state index contributed by atoms with van der Waals surface area (Å²) in [7, 11) is 0. The van der Waals surface area contributed by atoms with E-state index in [1.807, 2.05) is 32.9 Å². The Bertz CT molecular complexity index is 619. The predicted molar refractivity (Wildman–Crippen MR) is 110 cm³/mol. The molecule has 2 aliphatic rings. The number of amides is 1. The zero-order valence-electron chi connectivity index (χ0n) is 17.3. The highest BCUT2D eigenvalue weighted by Gasteiger charge is 2.28. The molecule has 1 N–H and O–H groups in total. The molecular weight excluding hydrogens is 336 g/mol. The Morgan fingerprint density at radius 2 is 1.59 bits per heavy atom. The van der Waals surface area contributed by atoms with Gasteiger partial charge in [-0.05, 0) is 49.8 Å². The minimum atomic E-state index is -0.0160. The fourth-order valence-corrected chi connectivity index (χ4v) is 4.85. The van der Waals surface area contributed by atoms with Crippen molar-refractivity contribution in [2.45, 2.75) is 71.8 Å². The predicted octanol–water partition coefficient (Wildman–Crippen LogP) is 4.05. The summed E-state index contributed by atoms with van der Waals surface area (Å²) in [4.78, 5) is 17.6. The van der Waals surface area contributed by atoms with Gasteiger partial charge in [0.05, 0.1) is 0 Å². The molecule has 1 aliphatic heterocycles. The number of hydrogen-bond acceptors (Lipinski definition) is 3. The van der Waals surface area contributed by atoms with Gasteiger partial charge in [0.25, 0.3) is 0 Å². The zero-order chi connectivity index (χ0) is 19.4. The Balaban J connectivity index is 1.52. The van der Waals surface area contributed by atoms with Crippen molar-refractivity contribution in [1.29, 1.82) is 0 Å². The van der Waals surface area contributed by atoms with Crippen molar-refractivity contribution in [2.75, 3.05) is 26.2 Å². The minimum Gasteiger partial charge on any atom is -0.507 e. The highest BCUT2D eigenvalue weighted by Crippen LogP contribution is 2.26. The van der Waals surface area contributed by atoms with Crippen LogP contribution in [0.5, 0.6) is 5.75 Å². The molecule has 1 saturated carbocycles. The summed E-state index contributed by atoms with van der Waals surface area (Å²) in [6, 6.07) is 4.76. The average Bonchev–Trinajstić information content (AvgIpc) is 2.95. The van der Waals surface area contributed by atoms with Crippen LogP contribution in [0.15, 0.2) is 12.1 Å². The number of aryl methyl sites for hydroxylation is 2. The van der Waals surface area contributed by atoms with Crippen molar-refractivity contribution in [1.82, 2.24) is 9.80 Å². The fourth-order valence-electron chi connectivity index (χ4n) is 4.85. The van der Waals surface area contributed by atoms with Crippen molar-refractivity contribution in [2.24, 2.45) is 5.92 Å². The number of carbonyl (C=O) groups excluding carboxylic acids is 1. The molecule has 2 fully saturated rings. The van der Waals surface area contributed by atoms with Crippen LogP contribution in [0, 0.1) is 19.8 Å². The van der Waals surface area contributed by atoms with Crippen LogP contribution in [-0.2, 0) is 11.2 Å². The van der Waals surface area contributed by atoms with Crippen LogP contribution >= 0.6 is 0 Å². The maximum Gasteiger partial charge on any atom is 0.225 e. The third-order valence-corrected chi connectivity index (χ3v) is 6.48. The summed E-state index contributed by atoms with van der Waals surface area (Å²) in [6.45, 7) is 9.68. The maximum absolute atomic E-state index is 12.9. The van der Waals surface area contributed by atoms with Gasteiger partial charge in [0, 0.05) is 38.1 Å². The van der Waals surface area contributed by atoms with Gasteiger partial charge >= 0.3 is 0 Å². The van der Waals surface area contributed by atoms with E-state index in [9.17, 15) is 9.90 Å². The monoisotopic (exact) mass is 372 g/mol. The number of carbonyl (C=O) groups is 1. The third-order valence-electron chi connectivity index (χ3n) is 6.48. The van der Waals surface area contributed by atoms with Gasteiger partial charge < -0.3 is 10.0 Å². The van der Waals surface area contributed by atoms with Crippen molar-refractivity contribution in [3.8, 4) is 5.75 Å². The number of hydrogen-bond donors (Lipinski definition) is 1. The molecule has 150 valence electrons. The van der Waals surface area contributed by atoms with Crippen LogP contribution < -0.4 is 0 Å². The van der Waals surface area contributed by atoms with Crippen LogP contribution in [0.25, 0.3) is 0 Å². The number of aromatic hydroxyl groups is 1. The molecule has 0 unspecified atom stereocenters. The first-order valence-corrected chi connectivity index (χ1v) is 10.8. The Kier molecular flexibility index (Phi) is 6.80. The van der Waals surface area contributed by atoms with E-state index in [2.05, 4.69) is 9.80 Å². The van der Waals surface area contributed by atoms with Gasteiger partial charge in [0.2, 0.25) is 5.91 Å². The van der Waals surface area contributed by atoms with Crippen LogP contribution in [0.2, 0.25) is 0 Å². The molecule has 1 saturated heterocycles. The molecule has 4 nitrogen and oxygen atoms in total. The van der Waals surface area contributed by atoms with Gasteiger partial charge in [-0.2, -0.15) is 0 Å². The Morgan fingerprint density at radius 3 is 2.15 bits per heavy atom. The second-order valence-electron chi connectivity index (χ2n) is 8.69. The molecule has 1 aromatic rings. The number of phenols is 1. The molecule has 1 aliphatic carbocycles. The van der Waals surface area contributed by atoms with Crippen molar-refractivity contribution in [3.05, 3.63) is 28.8 Å². The van der Waals surface area contributed by atoms with Gasteiger partial charge in [-0.3, -0.25) is 9.69 Å². The summed E-state index contributed by atoms with van der Waals surface area (Å²) in [5, 5.41) is 9.95. The van der Waals surface area contributed by atoms with Gasteiger partial charge in [-0.1, -0.05) is 44.7 Å². The first-order valence-electron chi connectivity index (χ1n) is 10.8. The molecule has 0 radical (unpaired) electrons. The maximum atomic E-state index is 12.9. The Hall–Kier alpha value is -1.55. The van der Waals surface area contributed by atoms with Gasteiger partial charge in [0.15, 0.2) is 0 Å². The van der Waals surface area contributed by atoms with Crippen LogP contribution in [0.3, 0.4) is 0 Å². The van der Waals surface area contributed by atoms with E-state index in [4.69, 9.17) is 0 Å². The lowest BCUT2D eigenvalue weighted by Gasteiger charge is -2.40. The lowest BCUT2D eigenvalue weighted by molar-refractivity contribution is -0.137. The van der Waals surface area contributed by atoms with E-state index in [0.717, 1.165) is 55.3 Å². The lowest BCUT2D eigenvalue weighted by atomic mass is 9.96. The molecule has 1 amide bonds. The van der Waals surface area contributed by atoms with Gasteiger partial charge in [0.1, 0.15) is 5.75 Å². The van der Waals surface area contributed by atoms with Crippen LogP contribution in [0.1, 0.15) is 62.1 Å². The Labute approximate surface area is 164 Å². The molecule has 1 heterocycles. The molecular formula is C23H36N2O2. The summed E-state index contributed by atoms with van der Waals surface area (Å²) in [5.41, 5.74) is 2.92. The van der Waals surface area contributed by atoms with Crippen molar-refractivity contribution < 1.29 is 9.90 Å². The van der Waals surface area contributed by atoms with E-state index in [-0.39, 0.29) is 11.8 Å². The molecule has 1 aromatic carbocycles. The smallest absolute Gasteiger partial charge is 0.225 e. The van der Waals surface area contributed by atoms with Crippen molar-refractivity contribution in [3.63, 3.8) is 0 Å². The quantitative estimate of drug-likeness (QED) is 0.811. The minimum absolute atomic E-state index is 0.0160. The summed E-state index contributed by atoms with van der Waals surface area (Å²) in [5.74, 6) is 0.629. The third kappa shape index (κ3) is 5.04. The number of piperazine rings is 1. The van der Waals surface area contributed by atoms with E-state index in [1.165, 1.54) is 38.5 Å². The van der Waals surface area contributed by atoms with Crippen LogP contribution in [0.4, 0.5) is 0 Å². The number of nitrogens with zero attached hydrogens (tertiary/aromatic N) is 2. The normalized spacial score (nSPS) is 21.1. The SMILES string of the molecule is Cc1cc(C[C@@H](C)C(=O)N2CCN(C3CCCCCC3)CC2)cc(C)c1O. The molecule has 4 heteroatoms. The largest absolute Gasteiger partial charge is 0.507 e. The first-order chi connectivity index (χ1) is 13.0. The molecule has 1 atom stereocenters. The van der Waals surface area contributed by atoms with Crippen molar-refractivity contribution >= 4 is 5.91 Å². The summed E-state index contributed by atoms with van der Waals surface area (Å²) >= 11 is 0. The number of benzene rings is 1. The molecule has 3 rings (SSSR count). The van der Waals surface area contributed by atoms with Gasteiger partial charge in [-0.15, -0.1) is 0 Å². The zero-order valence-corrected chi connectivity index (χ0v) is 17.3. The highest BCUT2D eigenvalue weighted by atomic mass is 16.3. The molecule has 27 heavy (non-hydrogen) atoms. The number of rotatable bonds is 4. The van der Waals surface area contributed by atoms with E-state index >= 15 is 0 Å². The average molecular weight is 373 g/mol. The van der Waals surface area contributed by atoms with Crippen LogP contribution in [-0.4, -0.2) is 53.0 Å². The van der Waals surface area contributed by atoms with E-state index < -0.39 is 0 Å². The molecule has 0 bridgehead atoms. The highest BCUT2D eigenvalue weighted by molar-refractivity contribution is 5.79. The number of phenolic OH excluding ortho intramolecular Hbond substituents is 1. The second-order valence-corrected chi connectivity index (χ2v) is 8.69. The first kappa shape index (κ1) is 20.2.